The summed E-state index contributed by atoms with van der Waals surface area (Å²) in [7, 11) is -4.07. The molecule has 3 N–H and O–H groups in total. The number of benzene rings is 1. The molecule has 3 aromatic rings. The van der Waals surface area contributed by atoms with Gasteiger partial charge in [-0.3, -0.25) is 9.89 Å². The SMILES string of the molecule is O=C(NCC(F)(F)F)c1cccc(S(=O)(=O)NCc2nc(-c3ccco3)n[nH]2)c1. The topological polar surface area (TPSA) is 130 Å². The van der Waals surface area contributed by atoms with Crippen LogP contribution in [0, 0.1) is 0 Å². The van der Waals surface area contributed by atoms with Crippen molar-refractivity contribution in [1.82, 2.24) is 25.2 Å². The van der Waals surface area contributed by atoms with E-state index in [1.54, 1.807) is 17.4 Å². The molecule has 0 atom stereocenters. The molecule has 9 nitrogen and oxygen atoms in total. The monoisotopic (exact) mass is 429 g/mol. The molecule has 1 amide bonds. The Hall–Kier alpha value is -3.19. The number of alkyl halides is 3. The molecule has 0 spiro atoms. The first-order valence-corrected chi connectivity index (χ1v) is 9.52. The van der Waals surface area contributed by atoms with Crippen molar-refractivity contribution in [3.05, 3.63) is 54.0 Å². The highest BCUT2D eigenvalue weighted by molar-refractivity contribution is 7.89. The molecule has 0 radical (unpaired) electrons. The zero-order valence-corrected chi connectivity index (χ0v) is 15.3. The first-order valence-electron chi connectivity index (χ1n) is 8.04. The molecule has 3 rings (SSSR count). The van der Waals surface area contributed by atoms with Gasteiger partial charge in [-0.25, -0.2) is 18.1 Å². The number of rotatable bonds is 7. The summed E-state index contributed by atoms with van der Waals surface area (Å²) in [5, 5.41) is 8.14. The number of aromatic amines is 1. The lowest BCUT2D eigenvalue weighted by atomic mass is 10.2. The average molecular weight is 429 g/mol. The van der Waals surface area contributed by atoms with Crippen LogP contribution in [0.2, 0.25) is 0 Å². The number of aromatic nitrogens is 3. The van der Waals surface area contributed by atoms with E-state index >= 15 is 0 Å². The molecule has 0 aliphatic carbocycles. The van der Waals surface area contributed by atoms with Crippen LogP contribution in [0.25, 0.3) is 11.6 Å². The third kappa shape index (κ3) is 5.42. The van der Waals surface area contributed by atoms with E-state index in [4.69, 9.17) is 4.42 Å². The summed E-state index contributed by atoms with van der Waals surface area (Å²) >= 11 is 0. The Morgan fingerprint density at radius 1 is 1.21 bits per heavy atom. The highest BCUT2D eigenvalue weighted by Crippen LogP contribution is 2.16. The molecule has 1 aromatic carbocycles. The standard InChI is InChI=1S/C16H14F3N5O4S/c17-16(18,19)9-20-15(25)10-3-1-4-11(7-10)29(26,27)21-8-13-22-14(24-23-13)12-5-2-6-28-12/h1-7,21H,8-9H2,(H,20,25)(H,22,23,24). The molecule has 0 saturated carbocycles. The summed E-state index contributed by atoms with van der Waals surface area (Å²) in [6, 6.07) is 7.91. The summed E-state index contributed by atoms with van der Waals surface area (Å²) in [6.07, 6.45) is -3.14. The first kappa shape index (κ1) is 20.5. The second-order valence-corrected chi connectivity index (χ2v) is 7.50. The van der Waals surface area contributed by atoms with Crippen LogP contribution in [0.1, 0.15) is 16.2 Å². The number of nitrogens with zero attached hydrogens (tertiary/aromatic N) is 2. The third-order valence-electron chi connectivity index (χ3n) is 3.56. The second kappa shape index (κ2) is 8.05. The maximum atomic E-state index is 12.4. The fraction of sp³-hybridized carbons (Fsp3) is 0.188. The summed E-state index contributed by atoms with van der Waals surface area (Å²) < 4.78 is 68.9. The van der Waals surface area contributed by atoms with Gasteiger partial charge in [0.2, 0.25) is 15.8 Å². The van der Waals surface area contributed by atoms with Crippen LogP contribution in [0.4, 0.5) is 13.2 Å². The molecular formula is C16H14F3N5O4S. The Bertz CT molecular complexity index is 1090. The molecule has 0 bridgehead atoms. The van der Waals surface area contributed by atoms with Crippen LogP contribution < -0.4 is 10.0 Å². The number of hydrogen-bond acceptors (Lipinski definition) is 6. The van der Waals surface area contributed by atoms with Crippen LogP contribution in [0.5, 0.6) is 0 Å². The van der Waals surface area contributed by atoms with Gasteiger partial charge in [-0.15, -0.1) is 5.10 Å². The van der Waals surface area contributed by atoms with E-state index in [0.29, 0.717) is 5.76 Å². The number of amides is 1. The Morgan fingerprint density at radius 2 is 2.00 bits per heavy atom. The van der Waals surface area contributed by atoms with E-state index in [2.05, 4.69) is 19.9 Å². The molecule has 2 aromatic heterocycles. The summed E-state index contributed by atoms with van der Waals surface area (Å²) in [6.45, 7) is -1.76. The van der Waals surface area contributed by atoms with Crippen molar-refractivity contribution in [3.8, 4) is 11.6 Å². The van der Waals surface area contributed by atoms with E-state index in [1.165, 1.54) is 24.5 Å². The molecule has 0 saturated heterocycles. The van der Waals surface area contributed by atoms with Gasteiger partial charge in [0.05, 0.1) is 17.7 Å². The first-order chi connectivity index (χ1) is 13.6. The zero-order chi connectivity index (χ0) is 21.1. The van der Waals surface area contributed by atoms with E-state index in [1.807, 2.05) is 0 Å². The summed E-state index contributed by atoms with van der Waals surface area (Å²) in [5.41, 5.74) is -0.225. The number of furan rings is 1. The molecule has 0 unspecified atom stereocenters. The maximum Gasteiger partial charge on any atom is 0.405 e. The van der Waals surface area contributed by atoms with Gasteiger partial charge >= 0.3 is 6.18 Å². The van der Waals surface area contributed by atoms with Crippen molar-refractivity contribution in [2.45, 2.75) is 17.6 Å². The number of carbonyl (C=O) groups excluding carboxylic acids is 1. The van der Waals surface area contributed by atoms with Crippen LogP contribution in [0.3, 0.4) is 0 Å². The number of hydrogen-bond donors (Lipinski definition) is 3. The molecular weight excluding hydrogens is 415 g/mol. The van der Waals surface area contributed by atoms with Crippen LogP contribution >= 0.6 is 0 Å². The maximum absolute atomic E-state index is 12.4. The number of halogens is 3. The van der Waals surface area contributed by atoms with Crippen LogP contribution in [-0.2, 0) is 16.6 Å². The number of nitrogens with one attached hydrogen (secondary N) is 3. The van der Waals surface area contributed by atoms with E-state index in [9.17, 15) is 26.4 Å². The van der Waals surface area contributed by atoms with Gasteiger partial charge in [-0.05, 0) is 30.3 Å². The van der Waals surface area contributed by atoms with Gasteiger partial charge in [0.15, 0.2) is 5.76 Å². The van der Waals surface area contributed by atoms with E-state index < -0.39 is 28.7 Å². The molecule has 154 valence electrons. The highest BCUT2D eigenvalue weighted by atomic mass is 32.2. The molecule has 0 fully saturated rings. The Morgan fingerprint density at radius 3 is 2.69 bits per heavy atom. The molecule has 2 heterocycles. The van der Waals surface area contributed by atoms with Crippen molar-refractivity contribution >= 4 is 15.9 Å². The molecule has 0 aliphatic heterocycles. The number of H-pyrrole nitrogens is 1. The van der Waals surface area contributed by atoms with E-state index in [0.717, 1.165) is 6.07 Å². The summed E-state index contributed by atoms with van der Waals surface area (Å²) in [4.78, 5) is 15.6. The minimum atomic E-state index is -4.58. The second-order valence-electron chi connectivity index (χ2n) is 5.73. The van der Waals surface area contributed by atoms with Crippen molar-refractivity contribution in [2.24, 2.45) is 0 Å². The lowest BCUT2D eigenvalue weighted by molar-refractivity contribution is -0.123. The lowest BCUT2D eigenvalue weighted by Gasteiger charge is -2.10. The molecule has 13 heteroatoms. The van der Waals surface area contributed by atoms with Gasteiger partial charge in [-0.2, -0.15) is 13.2 Å². The highest BCUT2D eigenvalue weighted by Gasteiger charge is 2.28. The van der Waals surface area contributed by atoms with E-state index in [-0.39, 0.29) is 28.7 Å². The van der Waals surface area contributed by atoms with Gasteiger partial charge in [0.1, 0.15) is 12.4 Å². The predicted octanol–water partition coefficient (Wildman–Crippen LogP) is 1.84. The Kier molecular flexibility index (Phi) is 5.70. The number of sulfonamides is 1. The largest absolute Gasteiger partial charge is 0.461 e. The van der Waals surface area contributed by atoms with Gasteiger partial charge in [0.25, 0.3) is 5.91 Å². The van der Waals surface area contributed by atoms with Crippen molar-refractivity contribution in [2.75, 3.05) is 6.54 Å². The molecule has 29 heavy (non-hydrogen) atoms. The fourth-order valence-electron chi connectivity index (χ4n) is 2.22. The predicted molar refractivity (Wildman–Crippen MR) is 92.9 cm³/mol. The zero-order valence-electron chi connectivity index (χ0n) is 14.5. The molecule has 0 aliphatic rings. The normalized spacial score (nSPS) is 12.1. The van der Waals surface area contributed by atoms with Gasteiger partial charge in [-0.1, -0.05) is 6.07 Å². The Balaban J connectivity index is 1.67. The summed E-state index contributed by atoms with van der Waals surface area (Å²) in [5.74, 6) is -0.197. The minimum Gasteiger partial charge on any atom is -0.461 e. The minimum absolute atomic E-state index is 0.207. The van der Waals surface area contributed by atoms with Gasteiger partial charge < -0.3 is 9.73 Å². The van der Waals surface area contributed by atoms with Crippen molar-refractivity contribution in [1.29, 1.82) is 0 Å². The van der Waals surface area contributed by atoms with Gasteiger partial charge in [0, 0.05) is 5.56 Å². The van der Waals surface area contributed by atoms with Crippen LogP contribution in [-0.4, -0.2) is 42.2 Å². The smallest absolute Gasteiger partial charge is 0.405 e. The average Bonchev–Trinajstić information content (AvgIpc) is 3.35. The van der Waals surface area contributed by atoms with Crippen molar-refractivity contribution in [3.63, 3.8) is 0 Å². The van der Waals surface area contributed by atoms with Crippen molar-refractivity contribution < 1.29 is 30.8 Å². The Labute approximate surface area is 162 Å². The fourth-order valence-corrected chi connectivity index (χ4v) is 3.26. The number of carbonyl (C=O) groups is 1. The lowest BCUT2D eigenvalue weighted by Crippen LogP contribution is -2.33. The quantitative estimate of drug-likeness (QED) is 0.525. The van der Waals surface area contributed by atoms with Crippen LogP contribution in [0.15, 0.2) is 52.0 Å². The third-order valence-corrected chi connectivity index (χ3v) is 4.96.